The number of rotatable bonds is 5. The Morgan fingerprint density at radius 2 is 2.37 bits per heavy atom. The molecule has 19 heavy (non-hydrogen) atoms. The molecule has 1 aromatic rings. The molecule has 1 heterocycles. The molecule has 1 fully saturated rings. The number of thiazole rings is 1. The second kappa shape index (κ2) is 7.01. The Morgan fingerprint density at radius 3 is 3.05 bits per heavy atom. The SMILES string of the molecule is CC(CNC(=O)C1CCCCC1CN)c1nccs1. The average molecular weight is 281 g/mol. The van der Waals surface area contributed by atoms with Crippen LogP contribution >= 0.6 is 11.3 Å². The average Bonchev–Trinajstić information content (AvgIpc) is 2.98. The normalized spacial score (nSPS) is 24.9. The molecule has 0 bridgehead atoms. The van der Waals surface area contributed by atoms with Gasteiger partial charge >= 0.3 is 0 Å². The summed E-state index contributed by atoms with van der Waals surface area (Å²) < 4.78 is 0. The van der Waals surface area contributed by atoms with Gasteiger partial charge in [-0.2, -0.15) is 0 Å². The highest BCUT2D eigenvalue weighted by Gasteiger charge is 2.29. The fraction of sp³-hybridized carbons (Fsp3) is 0.714. The molecule has 0 radical (unpaired) electrons. The maximum absolute atomic E-state index is 12.3. The first-order chi connectivity index (χ1) is 9.22. The van der Waals surface area contributed by atoms with E-state index in [9.17, 15) is 4.79 Å². The zero-order valence-electron chi connectivity index (χ0n) is 11.5. The van der Waals surface area contributed by atoms with E-state index in [2.05, 4.69) is 17.2 Å². The van der Waals surface area contributed by atoms with E-state index < -0.39 is 0 Å². The Kier molecular flexibility index (Phi) is 5.34. The third-order valence-corrected chi connectivity index (χ3v) is 5.01. The maximum atomic E-state index is 12.3. The standard InChI is InChI=1S/C14H23N3OS/c1-10(14-16-6-7-19-14)9-17-13(18)12-5-3-2-4-11(12)8-15/h6-7,10-12H,2-5,8-9,15H2,1H3,(H,17,18). The van der Waals surface area contributed by atoms with Crippen LogP contribution in [0.25, 0.3) is 0 Å². The molecule has 1 amide bonds. The summed E-state index contributed by atoms with van der Waals surface area (Å²) in [5.74, 6) is 0.939. The first-order valence-corrected chi connectivity index (χ1v) is 7.97. The molecule has 1 saturated carbocycles. The van der Waals surface area contributed by atoms with E-state index in [0.717, 1.165) is 24.3 Å². The fourth-order valence-electron chi connectivity index (χ4n) is 2.78. The number of nitrogens with two attached hydrogens (primary N) is 1. The van der Waals surface area contributed by atoms with E-state index in [1.807, 2.05) is 11.6 Å². The molecule has 2 rings (SSSR count). The van der Waals surface area contributed by atoms with Crippen LogP contribution in [-0.2, 0) is 4.79 Å². The Morgan fingerprint density at radius 1 is 1.58 bits per heavy atom. The number of hydrogen-bond donors (Lipinski definition) is 2. The predicted octanol–water partition coefficient (Wildman–Crippen LogP) is 2.13. The lowest BCUT2D eigenvalue weighted by Crippen LogP contribution is -2.40. The van der Waals surface area contributed by atoms with Crippen LogP contribution in [0.4, 0.5) is 0 Å². The van der Waals surface area contributed by atoms with Crippen molar-refractivity contribution in [3.8, 4) is 0 Å². The summed E-state index contributed by atoms with van der Waals surface area (Å²) in [6, 6.07) is 0. The van der Waals surface area contributed by atoms with Crippen LogP contribution < -0.4 is 11.1 Å². The van der Waals surface area contributed by atoms with Crippen LogP contribution in [0.1, 0.15) is 43.5 Å². The highest BCUT2D eigenvalue weighted by Crippen LogP contribution is 2.29. The van der Waals surface area contributed by atoms with Gasteiger partial charge < -0.3 is 11.1 Å². The summed E-state index contributed by atoms with van der Waals surface area (Å²) in [6.07, 6.45) is 6.25. The van der Waals surface area contributed by atoms with Gasteiger partial charge in [0.15, 0.2) is 0 Å². The molecule has 4 nitrogen and oxygen atoms in total. The maximum Gasteiger partial charge on any atom is 0.223 e. The Hall–Kier alpha value is -0.940. The lowest BCUT2D eigenvalue weighted by molar-refractivity contribution is -0.127. The number of carbonyl (C=O) groups excluding carboxylic acids is 1. The quantitative estimate of drug-likeness (QED) is 0.868. The van der Waals surface area contributed by atoms with Crippen LogP contribution in [0, 0.1) is 11.8 Å². The highest BCUT2D eigenvalue weighted by atomic mass is 32.1. The molecular weight excluding hydrogens is 258 g/mol. The minimum atomic E-state index is 0.113. The van der Waals surface area contributed by atoms with Crippen LogP contribution in [0.5, 0.6) is 0 Å². The third kappa shape index (κ3) is 3.76. The summed E-state index contributed by atoms with van der Waals surface area (Å²) in [6.45, 7) is 3.39. The van der Waals surface area contributed by atoms with E-state index in [0.29, 0.717) is 19.0 Å². The lowest BCUT2D eigenvalue weighted by atomic mass is 9.78. The summed E-state index contributed by atoms with van der Waals surface area (Å²) in [5.41, 5.74) is 5.78. The van der Waals surface area contributed by atoms with Crippen molar-refractivity contribution < 1.29 is 4.79 Å². The topological polar surface area (TPSA) is 68.0 Å². The van der Waals surface area contributed by atoms with Gasteiger partial charge in [-0.3, -0.25) is 4.79 Å². The Balaban J connectivity index is 1.83. The Labute approximate surface area is 118 Å². The second-order valence-corrected chi connectivity index (χ2v) is 6.33. The zero-order valence-corrected chi connectivity index (χ0v) is 12.3. The van der Waals surface area contributed by atoms with Crippen molar-refractivity contribution in [3.63, 3.8) is 0 Å². The monoisotopic (exact) mass is 281 g/mol. The zero-order chi connectivity index (χ0) is 13.7. The van der Waals surface area contributed by atoms with Crippen molar-refractivity contribution in [2.24, 2.45) is 17.6 Å². The molecule has 0 aromatic carbocycles. The third-order valence-electron chi connectivity index (χ3n) is 4.00. The second-order valence-electron chi connectivity index (χ2n) is 5.40. The van der Waals surface area contributed by atoms with Gasteiger partial charge in [0.2, 0.25) is 5.91 Å². The van der Waals surface area contributed by atoms with E-state index in [4.69, 9.17) is 5.73 Å². The number of amides is 1. The van der Waals surface area contributed by atoms with Gasteiger partial charge in [0.05, 0.1) is 5.01 Å². The van der Waals surface area contributed by atoms with Crippen LogP contribution in [0.15, 0.2) is 11.6 Å². The molecule has 3 N–H and O–H groups in total. The fourth-order valence-corrected chi connectivity index (χ4v) is 3.48. The van der Waals surface area contributed by atoms with Gasteiger partial charge in [-0.05, 0) is 25.3 Å². The van der Waals surface area contributed by atoms with Crippen molar-refractivity contribution >= 4 is 17.2 Å². The highest BCUT2D eigenvalue weighted by molar-refractivity contribution is 7.09. The molecular formula is C14H23N3OS. The molecule has 3 unspecified atom stereocenters. The van der Waals surface area contributed by atoms with E-state index in [-0.39, 0.29) is 17.7 Å². The van der Waals surface area contributed by atoms with Crippen LogP contribution in [0.3, 0.4) is 0 Å². The number of carbonyl (C=O) groups is 1. The molecule has 3 atom stereocenters. The van der Waals surface area contributed by atoms with Crippen LogP contribution in [0.2, 0.25) is 0 Å². The molecule has 0 aliphatic heterocycles. The molecule has 5 heteroatoms. The summed E-state index contributed by atoms with van der Waals surface area (Å²) in [5, 5.41) is 6.13. The summed E-state index contributed by atoms with van der Waals surface area (Å²) in [7, 11) is 0. The van der Waals surface area contributed by atoms with Gasteiger partial charge in [0.25, 0.3) is 0 Å². The molecule has 0 spiro atoms. The number of nitrogens with zero attached hydrogens (tertiary/aromatic N) is 1. The van der Waals surface area contributed by atoms with Gasteiger partial charge in [-0.1, -0.05) is 19.8 Å². The van der Waals surface area contributed by atoms with Gasteiger partial charge in [0, 0.05) is 30.0 Å². The molecule has 1 aliphatic rings. The van der Waals surface area contributed by atoms with Gasteiger partial charge in [-0.15, -0.1) is 11.3 Å². The first kappa shape index (κ1) is 14.5. The smallest absolute Gasteiger partial charge is 0.223 e. The predicted molar refractivity (Wildman–Crippen MR) is 78.0 cm³/mol. The number of hydrogen-bond acceptors (Lipinski definition) is 4. The largest absolute Gasteiger partial charge is 0.355 e. The van der Waals surface area contributed by atoms with Crippen molar-refractivity contribution in [3.05, 3.63) is 16.6 Å². The first-order valence-electron chi connectivity index (χ1n) is 7.09. The molecule has 1 aromatic heterocycles. The summed E-state index contributed by atoms with van der Waals surface area (Å²) in [4.78, 5) is 16.5. The van der Waals surface area contributed by atoms with Crippen molar-refractivity contribution in [1.82, 2.24) is 10.3 Å². The number of nitrogens with one attached hydrogen (secondary N) is 1. The molecule has 1 aliphatic carbocycles. The summed E-state index contributed by atoms with van der Waals surface area (Å²) >= 11 is 1.64. The van der Waals surface area contributed by atoms with Crippen molar-refractivity contribution in [2.45, 2.75) is 38.5 Å². The van der Waals surface area contributed by atoms with E-state index in [1.54, 1.807) is 11.3 Å². The van der Waals surface area contributed by atoms with E-state index >= 15 is 0 Å². The van der Waals surface area contributed by atoms with Gasteiger partial charge in [0.1, 0.15) is 0 Å². The Bertz CT molecular complexity index is 393. The van der Waals surface area contributed by atoms with Crippen LogP contribution in [-0.4, -0.2) is 24.0 Å². The van der Waals surface area contributed by atoms with Crippen molar-refractivity contribution in [2.75, 3.05) is 13.1 Å². The molecule has 0 saturated heterocycles. The minimum absolute atomic E-state index is 0.113. The van der Waals surface area contributed by atoms with Crippen molar-refractivity contribution in [1.29, 1.82) is 0 Å². The minimum Gasteiger partial charge on any atom is -0.355 e. The molecule has 106 valence electrons. The van der Waals surface area contributed by atoms with E-state index in [1.165, 1.54) is 6.42 Å². The number of aromatic nitrogens is 1. The van der Waals surface area contributed by atoms with Gasteiger partial charge in [-0.25, -0.2) is 4.98 Å². The lowest BCUT2D eigenvalue weighted by Gasteiger charge is -2.29.